The van der Waals surface area contributed by atoms with Crippen molar-refractivity contribution in [1.29, 1.82) is 0 Å². The standard InChI is InChI=1S/C19H27N5O2.ClH/c1-3-26-13-16-6-4-15(5-7-16)12-21-19(25)18-14(2)24(23-22-18)17-8-10-20-11-9-17;/h4-7,17,20H,3,8-13H2,1-2H3,(H,21,25);1H. The minimum Gasteiger partial charge on any atom is -0.377 e. The van der Waals surface area contributed by atoms with Gasteiger partial charge in [0, 0.05) is 13.2 Å². The van der Waals surface area contributed by atoms with Crippen LogP contribution >= 0.6 is 12.4 Å². The molecule has 3 rings (SSSR count). The molecule has 7 nitrogen and oxygen atoms in total. The Morgan fingerprint density at radius 1 is 1.26 bits per heavy atom. The molecular formula is C19H28ClN5O2. The Balaban J connectivity index is 0.00000261. The first-order valence-electron chi connectivity index (χ1n) is 9.25. The van der Waals surface area contributed by atoms with Gasteiger partial charge in [0.1, 0.15) is 0 Å². The SMILES string of the molecule is CCOCc1ccc(CNC(=O)c2nnn(C3CCNCC3)c2C)cc1.Cl. The Bertz CT molecular complexity index is 726. The number of benzene rings is 1. The predicted octanol–water partition coefficient (Wildman–Crippen LogP) is 2.40. The predicted molar refractivity (Wildman–Crippen MR) is 106 cm³/mol. The first-order chi connectivity index (χ1) is 12.7. The molecule has 2 heterocycles. The van der Waals surface area contributed by atoms with E-state index in [1.807, 2.05) is 42.8 Å². The molecule has 1 aliphatic rings. The van der Waals surface area contributed by atoms with Crippen molar-refractivity contribution in [3.05, 3.63) is 46.8 Å². The average molecular weight is 394 g/mol. The highest BCUT2D eigenvalue weighted by atomic mass is 35.5. The fraction of sp³-hybridized carbons (Fsp3) is 0.526. The molecular weight excluding hydrogens is 366 g/mol. The highest BCUT2D eigenvalue weighted by molar-refractivity contribution is 5.93. The van der Waals surface area contributed by atoms with E-state index in [9.17, 15) is 4.79 Å². The Hall–Kier alpha value is -1.96. The summed E-state index contributed by atoms with van der Waals surface area (Å²) in [5.41, 5.74) is 3.42. The van der Waals surface area contributed by atoms with Crippen LogP contribution in [-0.2, 0) is 17.9 Å². The van der Waals surface area contributed by atoms with E-state index in [4.69, 9.17) is 4.74 Å². The monoisotopic (exact) mass is 393 g/mol. The first-order valence-corrected chi connectivity index (χ1v) is 9.25. The van der Waals surface area contributed by atoms with Crippen LogP contribution < -0.4 is 10.6 Å². The molecule has 0 aliphatic carbocycles. The third kappa shape index (κ3) is 5.51. The summed E-state index contributed by atoms with van der Waals surface area (Å²) in [6, 6.07) is 8.38. The van der Waals surface area contributed by atoms with Crippen LogP contribution in [0.2, 0.25) is 0 Å². The number of piperidine rings is 1. The maximum Gasteiger partial charge on any atom is 0.274 e. The molecule has 1 aromatic carbocycles. The van der Waals surface area contributed by atoms with Gasteiger partial charge in [-0.15, -0.1) is 17.5 Å². The van der Waals surface area contributed by atoms with Gasteiger partial charge < -0.3 is 15.4 Å². The summed E-state index contributed by atoms with van der Waals surface area (Å²) in [6.07, 6.45) is 2.03. The van der Waals surface area contributed by atoms with Crippen LogP contribution in [-0.4, -0.2) is 40.6 Å². The van der Waals surface area contributed by atoms with Crippen LogP contribution in [0.25, 0.3) is 0 Å². The third-order valence-electron chi connectivity index (χ3n) is 4.75. The zero-order valence-electron chi connectivity index (χ0n) is 15.9. The Kier molecular flexibility index (Phi) is 8.22. The zero-order valence-corrected chi connectivity index (χ0v) is 16.7. The van der Waals surface area contributed by atoms with Crippen molar-refractivity contribution in [3.63, 3.8) is 0 Å². The third-order valence-corrected chi connectivity index (χ3v) is 4.75. The van der Waals surface area contributed by atoms with Crippen LogP contribution in [0, 0.1) is 6.92 Å². The molecule has 1 saturated heterocycles. The first kappa shape index (κ1) is 21.3. The topological polar surface area (TPSA) is 81.1 Å². The van der Waals surface area contributed by atoms with E-state index >= 15 is 0 Å². The normalized spacial score (nSPS) is 14.6. The lowest BCUT2D eigenvalue weighted by Crippen LogP contribution is -2.30. The number of carbonyl (C=O) groups excluding carboxylic acids is 1. The largest absolute Gasteiger partial charge is 0.377 e. The Labute approximate surface area is 166 Å². The number of rotatable bonds is 7. The number of nitrogens with one attached hydrogen (secondary N) is 2. The van der Waals surface area contributed by atoms with E-state index in [0.717, 1.165) is 42.8 Å². The smallest absolute Gasteiger partial charge is 0.274 e. The van der Waals surface area contributed by atoms with E-state index in [1.165, 1.54) is 0 Å². The summed E-state index contributed by atoms with van der Waals surface area (Å²) in [5, 5.41) is 14.6. The van der Waals surface area contributed by atoms with Gasteiger partial charge in [0.25, 0.3) is 5.91 Å². The van der Waals surface area contributed by atoms with Crippen molar-refractivity contribution in [2.24, 2.45) is 0 Å². The van der Waals surface area contributed by atoms with E-state index in [2.05, 4.69) is 20.9 Å². The second kappa shape index (κ2) is 10.4. The van der Waals surface area contributed by atoms with Crippen LogP contribution in [0.1, 0.15) is 53.1 Å². The minimum atomic E-state index is -0.180. The zero-order chi connectivity index (χ0) is 18.4. The average Bonchev–Trinajstić information content (AvgIpc) is 3.07. The molecule has 0 spiro atoms. The van der Waals surface area contributed by atoms with Gasteiger partial charge in [-0.3, -0.25) is 4.79 Å². The second-order valence-corrected chi connectivity index (χ2v) is 6.59. The van der Waals surface area contributed by atoms with Crippen LogP contribution in [0.5, 0.6) is 0 Å². The molecule has 2 N–H and O–H groups in total. The molecule has 1 fully saturated rings. The molecule has 0 radical (unpaired) electrons. The molecule has 1 aromatic heterocycles. The van der Waals surface area contributed by atoms with Gasteiger partial charge in [-0.1, -0.05) is 29.5 Å². The number of carbonyl (C=O) groups is 1. The van der Waals surface area contributed by atoms with E-state index < -0.39 is 0 Å². The van der Waals surface area contributed by atoms with Crippen molar-refractivity contribution in [2.45, 2.75) is 45.9 Å². The van der Waals surface area contributed by atoms with Gasteiger partial charge in [0.2, 0.25) is 0 Å². The lowest BCUT2D eigenvalue weighted by Gasteiger charge is -2.23. The van der Waals surface area contributed by atoms with E-state index in [0.29, 0.717) is 31.5 Å². The highest BCUT2D eigenvalue weighted by Crippen LogP contribution is 2.20. The Morgan fingerprint density at radius 3 is 2.59 bits per heavy atom. The summed E-state index contributed by atoms with van der Waals surface area (Å²) in [5.74, 6) is -0.180. The van der Waals surface area contributed by atoms with Crippen molar-refractivity contribution in [1.82, 2.24) is 25.6 Å². The summed E-state index contributed by atoms with van der Waals surface area (Å²) in [6.45, 7) is 7.63. The maximum atomic E-state index is 12.5. The van der Waals surface area contributed by atoms with Crippen molar-refractivity contribution in [2.75, 3.05) is 19.7 Å². The molecule has 148 valence electrons. The fourth-order valence-electron chi connectivity index (χ4n) is 3.19. The number of nitrogens with zero attached hydrogens (tertiary/aromatic N) is 3. The maximum absolute atomic E-state index is 12.5. The van der Waals surface area contributed by atoms with Gasteiger partial charge in [-0.05, 0) is 50.9 Å². The number of aromatic nitrogens is 3. The van der Waals surface area contributed by atoms with E-state index in [1.54, 1.807) is 0 Å². The van der Waals surface area contributed by atoms with Gasteiger partial charge in [-0.25, -0.2) is 4.68 Å². The lowest BCUT2D eigenvalue weighted by atomic mass is 10.1. The molecule has 0 bridgehead atoms. The number of hydrogen-bond donors (Lipinski definition) is 2. The molecule has 1 amide bonds. The van der Waals surface area contributed by atoms with Crippen molar-refractivity contribution >= 4 is 18.3 Å². The van der Waals surface area contributed by atoms with Crippen LogP contribution in [0.3, 0.4) is 0 Å². The molecule has 0 atom stereocenters. The molecule has 0 unspecified atom stereocenters. The van der Waals surface area contributed by atoms with Gasteiger partial charge in [-0.2, -0.15) is 0 Å². The summed E-state index contributed by atoms with van der Waals surface area (Å²) >= 11 is 0. The fourth-order valence-corrected chi connectivity index (χ4v) is 3.19. The second-order valence-electron chi connectivity index (χ2n) is 6.59. The number of amides is 1. The van der Waals surface area contributed by atoms with Crippen LogP contribution in [0.4, 0.5) is 0 Å². The molecule has 1 aliphatic heterocycles. The quantitative estimate of drug-likeness (QED) is 0.754. The summed E-state index contributed by atoms with van der Waals surface area (Å²) in [7, 11) is 0. The summed E-state index contributed by atoms with van der Waals surface area (Å²) < 4.78 is 7.29. The lowest BCUT2D eigenvalue weighted by molar-refractivity contribution is 0.0945. The molecule has 0 saturated carbocycles. The molecule has 27 heavy (non-hydrogen) atoms. The van der Waals surface area contributed by atoms with Crippen molar-refractivity contribution < 1.29 is 9.53 Å². The van der Waals surface area contributed by atoms with Gasteiger partial charge in [0.15, 0.2) is 5.69 Å². The summed E-state index contributed by atoms with van der Waals surface area (Å²) in [4.78, 5) is 12.5. The molecule has 8 heteroatoms. The molecule has 2 aromatic rings. The van der Waals surface area contributed by atoms with Crippen molar-refractivity contribution in [3.8, 4) is 0 Å². The number of hydrogen-bond acceptors (Lipinski definition) is 5. The van der Waals surface area contributed by atoms with E-state index in [-0.39, 0.29) is 18.3 Å². The van der Waals surface area contributed by atoms with Crippen LogP contribution in [0.15, 0.2) is 24.3 Å². The minimum absolute atomic E-state index is 0. The van der Waals surface area contributed by atoms with Gasteiger partial charge in [0.05, 0.1) is 18.3 Å². The van der Waals surface area contributed by atoms with Gasteiger partial charge >= 0.3 is 0 Å². The number of ether oxygens (including phenoxy) is 1. The highest BCUT2D eigenvalue weighted by Gasteiger charge is 2.22. The Morgan fingerprint density at radius 2 is 1.93 bits per heavy atom. The number of halogens is 1.